The number of aliphatic hydroxyl groups is 1. The second-order valence-electron chi connectivity index (χ2n) is 1.15. The molecule has 0 aliphatic carbocycles. The fourth-order valence-corrected chi connectivity index (χ4v) is 0.203. The van der Waals surface area contributed by atoms with E-state index in [1.165, 1.54) is 6.92 Å². The lowest BCUT2D eigenvalue weighted by atomic mass is 10.8. The fourth-order valence-electron chi connectivity index (χ4n) is 0.203. The lowest BCUT2D eigenvalue weighted by Gasteiger charge is -1.89. The van der Waals surface area contributed by atoms with Crippen LogP contribution in [-0.2, 0) is 9.53 Å². The summed E-state index contributed by atoms with van der Waals surface area (Å²) in [6, 6.07) is 0. The number of hydrogen-bond acceptors (Lipinski definition) is 3. The van der Waals surface area contributed by atoms with Crippen LogP contribution in [0.2, 0.25) is 0 Å². The van der Waals surface area contributed by atoms with Crippen LogP contribution in [0.25, 0.3) is 0 Å². The molecule has 0 saturated heterocycles. The van der Waals surface area contributed by atoms with Crippen molar-refractivity contribution in [2.45, 2.75) is 13.8 Å². The number of aliphatic hydroxyl groups excluding tert-OH is 1. The van der Waals surface area contributed by atoms with E-state index in [0.717, 1.165) is 0 Å². The minimum absolute atomic E-state index is 0. The van der Waals surface area contributed by atoms with Gasteiger partial charge in [-0.05, 0) is 13.8 Å². The molecule has 3 heteroatoms. The van der Waals surface area contributed by atoms with E-state index in [-0.39, 0.29) is 12.6 Å². The van der Waals surface area contributed by atoms with Crippen LogP contribution < -0.4 is 0 Å². The van der Waals surface area contributed by atoms with Crippen LogP contribution in [0.3, 0.4) is 0 Å². The summed E-state index contributed by atoms with van der Waals surface area (Å²) < 4.78 is 4.40. The Kier molecular flexibility index (Phi) is 13.0. The first-order chi connectivity index (χ1) is 4.18. The molecule has 0 unspecified atom stereocenters. The van der Waals surface area contributed by atoms with Crippen molar-refractivity contribution in [2.24, 2.45) is 0 Å². The molecule has 3 nitrogen and oxygen atoms in total. The quantitative estimate of drug-likeness (QED) is 0.526. The average Bonchev–Trinajstić information content (AvgIpc) is 1.67. The zero-order valence-electron chi connectivity index (χ0n) is 5.89. The van der Waals surface area contributed by atoms with Gasteiger partial charge in [0.05, 0.1) is 6.61 Å². The van der Waals surface area contributed by atoms with Crippen molar-refractivity contribution in [3.8, 4) is 0 Å². The van der Waals surface area contributed by atoms with Gasteiger partial charge in [-0.15, -0.1) is 0 Å². The third kappa shape index (κ3) is 37.1. The average molecular weight is 133 g/mol. The molecule has 0 bridgehead atoms. The number of carbonyl (C=O) groups is 1. The summed E-state index contributed by atoms with van der Waals surface area (Å²) >= 11 is 0. The molecule has 0 fully saturated rings. The lowest BCUT2D eigenvalue weighted by Crippen LogP contribution is -1.95. The van der Waals surface area contributed by atoms with Gasteiger partial charge in [0.2, 0.25) is 0 Å². The van der Waals surface area contributed by atoms with Gasteiger partial charge in [0, 0.05) is 13.5 Å². The molecule has 0 aromatic heterocycles. The van der Waals surface area contributed by atoms with Gasteiger partial charge in [0.1, 0.15) is 0 Å². The smallest absolute Gasteiger partial charge is 0.302 e. The summed E-state index contributed by atoms with van der Waals surface area (Å²) in [5.41, 5.74) is 0. The molecular weight excluding hydrogens is 120 g/mol. The molecule has 0 aromatic rings. The van der Waals surface area contributed by atoms with Crippen LogP contribution in [-0.4, -0.2) is 24.3 Å². The normalized spacial score (nSPS) is 7.11. The first-order valence-electron chi connectivity index (χ1n) is 2.72. The van der Waals surface area contributed by atoms with Crippen LogP contribution in [0.5, 0.6) is 0 Å². The molecule has 0 saturated carbocycles. The molecule has 0 amide bonds. The Morgan fingerprint density at radius 3 is 2.11 bits per heavy atom. The van der Waals surface area contributed by atoms with Gasteiger partial charge in [-0.3, -0.25) is 4.79 Å². The number of hydrogen-bond donors (Lipinski definition) is 1. The van der Waals surface area contributed by atoms with Crippen molar-refractivity contribution in [1.29, 1.82) is 0 Å². The minimum Gasteiger partial charge on any atom is -0.466 e. The first kappa shape index (κ1) is 11.3. The Bertz CT molecular complexity index is 61.3. The molecule has 1 N–H and O–H groups in total. The predicted molar refractivity (Wildman–Crippen MR) is 34.7 cm³/mol. The summed E-state index contributed by atoms with van der Waals surface area (Å²) in [7, 11) is 0. The molecule has 0 atom stereocenters. The highest BCUT2D eigenvalue weighted by Crippen LogP contribution is 1.69. The maximum atomic E-state index is 9.82. The van der Waals surface area contributed by atoms with Crippen LogP contribution in [0.1, 0.15) is 13.8 Å². The maximum Gasteiger partial charge on any atom is 0.302 e. The number of carbonyl (C=O) groups excluding carboxylic acids is 1. The highest BCUT2D eigenvalue weighted by atomic mass is 16.5. The third-order valence-corrected chi connectivity index (χ3v) is 0.348. The Morgan fingerprint density at radius 2 is 2.11 bits per heavy atom. The van der Waals surface area contributed by atoms with Crippen molar-refractivity contribution in [3.05, 3.63) is 6.92 Å². The van der Waals surface area contributed by atoms with E-state index in [1.807, 2.05) is 0 Å². The van der Waals surface area contributed by atoms with Gasteiger partial charge in [-0.25, -0.2) is 0 Å². The Hall–Kier alpha value is -0.570. The van der Waals surface area contributed by atoms with E-state index in [9.17, 15) is 4.79 Å². The third-order valence-electron chi connectivity index (χ3n) is 0.348. The molecular formula is C6H13O3. The standard InChI is InChI=1S/C4H8O2.C2H5O/c1-3-6-4(2)5;1-2-3/h3H2,1-2H3;3H,1-2H2. The van der Waals surface area contributed by atoms with Gasteiger partial charge in [0.25, 0.3) is 0 Å². The van der Waals surface area contributed by atoms with Crippen molar-refractivity contribution in [2.75, 3.05) is 13.2 Å². The summed E-state index contributed by atoms with van der Waals surface area (Å²) in [6.45, 7) is 6.69. The number of rotatable bonds is 1. The zero-order chi connectivity index (χ0) is 7.70. The van der Waals surface area contributed by atoms with E-state index in [1.54, 1.807) is 6.92 Å². The van der Waals surface area contributed by atoms with E-state index < -0.39 is 0 Å². The van der Waals surface area contributed by atoms with Crippen molar-refractivity contribution in [1.82, 2.24) is 0 Å². The summed E-state index contributed by atoms with van der Waals surface area (Å²) in [5.74, 6) is -0.211. The molecule has 1 radical (unpaired) electrons. The first-order valence-corrected chi connectivity index (χ1v) is 2.72. The summed E-state index contributed by atoms with van der Waals surface area (Å²) in [4.78, 5) is 9.82. The van der Waals surface area contributed by atoms with Gasteiger partial charge in [-0.1, -0.05) is 0 Å². The molecule has 0 heterocycles. The Balaban J connectivity index is 0. The highest BCUT2D eigenvalue weighted by molar-refractivity contribution is 5.65. The highest BCUT2D eigenvalue weighted by Gasteiger charge is 1.81. The molecule has 0 rings (SSSR count). The topological polar surface area (TPSA) is 46.5 Å². The molecule has 0 spiro atoms. The summed E-state index contributed by atoms with van der Waals surface area (Å²) in [5, 5.41) is 7.46. The molecule has 0 aliphatic rings. The van der Waals surface area contributed by atoms with Gasteiger partial charge >= 0.3 is 5.97 Å². The zero-order valence-corrected chi connectivity index (χ0v) is 5.89. The SMILES string of the molecule is CCOC(C)=O.[CH2]CO. The number of ether oxygens (including phenoxy) is 1. The molecule has 55 valence electrons. The van der Waals surface area contributed by atoms with Crippen LogP contribution in [0.4, 0.5) is 0 Å². The lowest BCUT2D eigenvalue weighted by molar-refractivity contribution is -0.140. The van der Waals surface area contributed by atoms with E-state index >= 15 is 0 Å². The molecule has 0 aromatic carbocycles. The fraction of sp³-hybridized carbons (Fsp3) is 0.667. The Labute approximate surface area is 55.6 Å². The minimum atomic E-state index is -0.211. The van der Waals surface area contributed by atoms with Crippen LogP contribution >= 0.6 is 0 Å². The predicted octanol–water partition coefficient (Wildman–Crippen LogP) is 0.382. The van der Waals surface area contributed by atoms with Crippen LogP contribution in [0.15, 0.2) is 0 Å². The van der Waals surface area contributed by atoms with Gasteiger partial charge in [-0.2, -0.15) is 0 Å². The van der Waals surface area contributed by atoms with Crippen molar-refractivity contribution >= 4 is 5.97 Å². The number of esters is 1. The maximum absolute atomic E-state index is 9.82. The van der Waals surface area contributed by atoms with Crippen molar-refractivity contribution < 1.29 is 14.6 Å². The largest absolute Gasteiger partial charge is 0.466 e. The molecule has 0 aliphatic heterocycles. The monoisotopic (exact) mass is 133 g/mol. The summed E-state index contributed by atoms with van der Waals surface area (Å²) in [6.07, 6.45) is 0. The molecule has 9 heavy (non-hydrogen) atoms. The van der Waals surface area contributed by atoms with E-state index in [2.05, 4.69) is 11.7 Å². The van der Waals surface area contributed by atoms with E-state index in [0.29, 0.717) is 6.61 Å². The van der Waals surface area contributed by atoms with Crippen LogP contribution in [0, 0.1) is 6.92 Å². The Morgan fingerprint density at radius 1 is 1.78 bits per heavy atom. The van der Waals surface area contributed by atoms with Gasteiger partial charge < -0.3 is 9.84 Å². The van der Waals surface area contributed by atoms with Crippen molar-refractivity contribution in [3.63, 3.8) is 0 Å². The van der Waals surface area contributed by atoms with E-state index in [4.69, 9.17) is 5.11 Å². The van der Waals surface area contributed by atoms with Gasteiger partial charge in [0.15, 0.2) is 0 Å². The second kappa shape index (κ2) is 10.4. The second-order valence-corrected chi connectivity index (χ2v) is 1.15.